The summed E-state index contributed by atoms with van der Waals surface area (Å²) < 4.78 is 0.925. The highest BCUT2D eigenvalue weighted by atomic mass is 79.9. The third-order valence-corrected chi connectivity index (χ3v) is 4.21. The van der Waals surface area contributed by atoms with Gasteiger partial charge in [-0.2, -0.15) is 0 Å². The highest BCUT2D eigenvalue weighted by molar-refractivity contribution is 9.10. The molecule has 0 aliphatic carbocycles. The van der Waals surface area contributed by atoms with Gasteiger partial charge in [0.2, 0.25) is 5.91 Å². The highest BCUT2D eigenvalue weighted by Gasteiger charge is 2.19. The minimum absolute atomic E-state index is 0.144. The number of amides is 1. The Hall–Kier alpha value is -1.07. The lowest BCUT2D eigenvalue weighted by Crippen LogP contribution is -2.48. The summed E-state index contributed by atoms with van der Waals surface area (Å²) in [6.45, 7) is 6.60. The molecule has 104 valence electrons. The SMILES string of the molecule is CC(=O)N1CCN(c2ccc([C@H](C)O)c(Br)c2)CC1. The van der Waals surface area contributed by atoms with Gasteiger partial charge in [0, 0.05) is 43.3 Å². The van der Waals surface area contributed by atoms with Gasteiger partial charge in [-0.15, -0.1) is 0 Å². The number of piperazine rings is 1. The fourth-order valence-electron chi connectivity index (χ4n) is 2.33. The van der Waals surface area contributed by atoms with E-state index in [4.69, 9.17) is 0 Å². The van der Waals surface area contributed by atoms with Gasteiger partial charge in [0.25, 0.3) is 0 Å². The molecule has 0 spiro atoms. The van der Waals surface area contributed by atoms with Crippen molar-refractivity contribution in [1.29, 1.82) is 0 Å². The quantitative estimate of drug-likeness (QED) is 0.905. The van der Waals surface area contributed by atoms with Crippen molar-refractivity contribution in [3.63, 3.8) is 0 Å². The van der Waals surface area contributed by atoms with Crippen molar-refractivity contribution in [1.82, 2.24) is 4.90 Å². The molecule has 1 aromatic carbocycles. The Morgan fingerprint density at radius 2 is 1.95 bits per heavy atom. The molecule has 5 heteroatoms. The van der Waals surface area contributed by atoms with E-state index >= 15 is 0 Å². The van der Waals surface area contributed by atoms with Crippen LogP contribution < -0.4 is 4.90 Å². The van der Waals surface area contributed by atoms with Gasteiger partial charge in [0.05, 0.1) is 6.10 Å². The second-order valence-corrected chi connectivity index (χ2v) is 5.73. The van der Waals surface area contributed by atoms with Crippen LogP contribution in [0.25, 0.3) is 0 Å². The molecule has 1 saturated heterocycles. The molecule has 1 atom stereocenters. The van der Waals surface area contributed by atoms with Crippen molar-refractivity contribution >= 4 is 27.5 Å². The molecule has 1 aliphatic heterocycles. The standard InChI is InChI=1S/C14H19BrN2O2/c1-10(18)13-4-3-12(9-14(13)15)17-7-5-16(6-8-17)11(2)19/h3-4,9-10,18H,5-8H2,1-2H3/t10-/m0/s1. The predicted molar refractivity (Wildman–Crippen MR) is 79.2 cm³/mol. The number of rotatable bonds is 2. The van der Waals surface area contributed by atoms with Gasteiger partial charge in [-0.1, -0.05) is 22.0 Å². The van der Waals surface area contributed by atoms with Crippen LogP contribution in [-0.4, -0.2) is 42.1 Å². The number of carbonyl (C=O) groups is 1. The van der Waals surface area contributed by atoms with Gasteiger partial charge < -0.3 is 14.9 Å². The van der Waals surface area contributed by atoms with Crippen LogP contribution in [0.2, 0.25) is 0 Å². The van der Waals surface area contributed by atoms with E-state index in [9.17, 15) is 9.90 Å². The number of hydrogen-bond acceptors (Lipinski definition) is 3. The number of aliphatic hydroxyl groups is 1. The first kappa shape index (κ1) is 14.3. The third-order valence-electron chi connectivity index (χ3n) is 3.52. The molecule has 1 aliphatic rings. The van der Waals surface area contributed by atoms with E-state index in [1.807, 2.05) is 23.1 Å². The molecule has 0 unspecified atom stereocenters. The highest BCUT2D eigenvalue weighted by Crippen LogP contribution is 2.28. The topological polar surface area (TPSA) is 43.8 Å². The molecule has 0 saturated carbocycles. The maximum atomic E-state index is 11.3. The van der Waals surface area contributed by atoms with E-state index in [0.29, 0.717) is 0 Å². The van der Waals surface area contributed by atoms with Crippen molar-refractivity contribution in [2.75, 3.05) is 31.1 Å². The Kier molecular flexibility index (Phi) is 4.47. The summed E-state index contributed by atoms with van der Waals surface area (Å²) in [6, 6.07) is 6.00. The zero-order valence-corrected chi connectivity index (χ0v) is 12.9. The normalized spacial score (nSPS) is 17.5. The van der Waals surface area contributed by atoms with Gasteiger partial charge >= 0.3 is 0 Å². The van der Waals surface area contributed by atoms with E-state index in [1.165, 1.54) is 0 Å². The van der Waals surface area contributed by atoms with Crippen molar-refractivity contribution in [2.24, 2.45) is 0 Å². The Morgan fingerprint density at radius 3 is 2.42 bits per heavy atom. The Morgan fingerprint density at radius 1 is 1.32 bits per heavy atom. The lowest BCUT2D eigenvalue weighted by atomic mass is 10.1. The summed E-state index contributed by atoms with van der Waals surface area (Å²) in [4.78, 5) is 15.4. The summed E-state index contributed by atoms with van der Waals surface area (Å²) in [6.07, 6.45) is -0.474. The molecule has 0 aromatic heterocycles. The predicted octanol–water partition coefficient (Wildman–Crippen LogP) is 2.17. The Balaban J connectivity index is 2.08. The van der Waals surface area contributed by atoms with Crippen molar-refractivity contribution in [3.05, 3.63) is 28.2 Å². The summed E-state index contributed by atoms with van der Waals surface area (Å²) in [5, 5.41) is 9.61. The number of benzene rings is 1. The Labute approximate surface area is 122 Å². The first-order chi connectivity index (χ1) is 8.99. The second-order valence-electron chi connectivity index (χ2n) is 4.87. The number of hydrogen-bond donors (Lipinski definition) is 1. The Bertz CT molecular complexity index is 469. The minimum Gasteiger partial charge on any atom is -0.389 e. The van der Waals surface area contributed by atoms with Crippen LogP contribution in [0.4, 0.5) is 5.69 Å². The first-order valence-electron chi connectivity index (χ1n) is 6.47. The molecule has 19 heavy (non-hydrogen) atoms. The average Bonchev–Trinajstić information content (AvgIpc) is 2.38. The van der Waals surface area contributed by atoms with Gasteiger partial charge in [-0.25, -0.2) is 0 Å². The molecule has 0 bridgehead atoms. The largest absolute Gasteiger partial charge is 0.389 e. The maximum Gasteiger partial charge on any atom is 0.219 e. The fourth-order valence-corrected chi connectivity index (χ4v) is 3.03. The molecule has 0 radical (unpaired) electrons. The number of anilines is 1. The summed E-state index contributed by atoms with van der Waals surface area (Å²) in [5.74, 6) is 0.144. The summed E-state index contributed by atoms with van der Waals surface area (Å²) in [5.41, 5.74) is 2.02. The zero-order chi connectivity index (χ0) is 14.0. The minimum atomic E-state index is -0.474. The summed E-state index contributed by atoms with van der Waals surface area (Å²) >= 11 is 3.50. The molecule has 1 fully saturated rings. The van der Waals surface area contributed by atoms with E-state index < -0.39 is 6.10 Å². The van der Waals surface area contributed by atoms with Crippen LogP contribution >= 0.6 is 15.9 Å². The number of aliphatic hydroxyl groups excluding tert-OH is 1. The molecule has 1 heterocycles. The van der Waals surface area contributed by atoms with Crippen molar-refractivity contribution in [3.8, 4) is 0 Å². The lowest BCUT2D eigenvalue weighted by Gasteiger charge is -2.35. The van der Waals surface area contributed by atoms with Crippen LogP contribution in [0, 0.1) is 0 Å². The number of nitrogens with zero attached hydrogens (tertiary/aromatic N) is 2. The molecule has 1 aromatic rings. The van der Waals surface area contributed by atoms with Gasteiger partial charge in [0.1, 0.15) is 0 Å². The van der Waals surface area contributed by atoms with Crippen molar-refractivity contribution in [2.45, 2.75) is 20.0 Å². The first-order valence-corrected chi connectivity index (χ1v) is 7.26. The van der Waals surface area contributed by atoms with E-state index in [0.717, 1.165) is 41.9 Å². The molecule has 2 rings (SSSR count). The molecular formula is C14H19BrN2O2. The monoisotopic (exact) mass is 326 g/mol. The fraction of sp³-hybridized carbons (Fsp3) is 0.500. The van der Waals surface area contributed by atoms with Crippen LogP contribution in [0.15, 0.2) is 22.7 Å². The van der Waals surface area contributed by atoms with Crippen LogP contribution in [0.5, 0.6) is 0 Å². The lowest BCUT2D eigenvalue weighted by molar-refractivity contribution is -0.129. The van der Waals surface area contributed by atoms with Gasteiger partial charge in [0.15, 0.2) is 0 Å². The van der Waals surface area contributed by atoms with E-state index in [2.05, 4.69) is 20.8 Å². The molecular weight excluding hydrogens is 308 g/mol. The third kappa shape index (κ3) is 3.28. The van der Waals surface area contributed by atoms with Crippen molar-refractivity contribution < 1.29 is 9.90 Å². The van der Waals surface area contributed by atoms with Gasteiger partial charge in [-0.3, -0.25) is 4.79 Å². The molecule has 1 amide bonds. The smallest absolute Gasteiger partial charge is 0.219 e. The summed E-state index contributed by atoms with van der Waals surface area (Å²) in [7, 11) is 0. The van der Waals surface area contributed by atoms with Crippen LogP contribution in [-0.2, 0) is 4.79 Å². The maximum absolute atomic E-state index is 11.3. The van der Waals surface area contributed by atoms with E-state index in [-0.39, 0.29) is 5.91 Å². The number of halogens is 1. The van der Waals surface area contributed by atoms with Crippen LogP contribution in [0.3, 0.4) is 0 Å². The number of carbonyl (C=O) groups excluding carboxylic acids is 1. The molecule has 4 nitrogen and oxygen atoms in total. The van der Waals surface area contributed by atoms with Gasteiger partial charge in [-0.05, 0) is 24.6 Å². The second kappa shape index (κ2) is 5.92. The van der Waals surface area contributed by atoms with E-state index in [1.54, 1.807) is 13.8 Å². The van der Waals surface area contributed by atoms with Crippen LogP contribution in [0.1, 0.15) is 25.5 Å². The molecule has 1 N–H and O–H groups in total. The average molecular weight is 327 g/mol. The zero-order valence-electron chi connectivity index (χ0n) is 11.3.